The van der Waals surface area contributed by atoms with Crippen LogP contribution in [0.3, 0.4) is 0 Å². The number of hydrogen-bond acceptors (Lipinski definition) is 3. The SMILES string of the molecule is CC(C)(C)c1ccc(N2c3cc(N4c5ccc([Si](C)(C)C)cc5C5(C)CCCCC45C)ccc3B3c4cc(C(C)(C)C)ccc4N(c4ccc(C(C)(C)C)cc4-c4ccccc4)c4cc(C(C)(C)C)cc2c43)cc1. The molecule has 74 heavy (non-hydrogen) atoms. The number of rotatable bonds is 5. The molecule has 3 aliphatic heterocycles. The highest BCUT2D eigenvalue weighted by Crippen LogP contribution is 2.61. The summed E-state index contributed by atoms with van der Waals surface area (Å²) in [6.07, 6.45) is 4.90. The second kappa shape index (κ2) is 16.9. The van der Waals surface area contributed by atoms with E-state index < -0.39 is 8.07 Å². The summed E-state index contributed by atoms with van der Waals surface area (Å²) in [5.41, 5.74) is 23.4. The molecule has 0 spiro atoms. The fraction of sp³-hybridized carbons (Fsp3) is 0.391. The van der Waals surface area contributed by atoms with Crippen LogP contribution in [-0.2, 0) is 27.1 Å². The minimum absolute atomic E-state index is 0.00793. The molecule has 0 N–H and O–H groups in total. The maximum Gasteiger partial charge on any atom is 0.252 e. The summed E-state index contributed by atoms with van der Waals surface area (Å²) in [6.45, 7) is 41.0. The lowest BCUT2D eigenvalue weighted by Crippen LogP contribution is -2.61. The lowest BCUT2D eigenvalue weighted by Gasteiger charge is -2.51. The number of fused-ring (bicyclic) bond motifs is 7. The highest BCUT2D eigenvalue weighted by atomic mass is 28.3. The highest BCUT2D eigenvalue weighted by molar-refractivity contribution is 7.00. The molecule has 2 atom stereocenters. The van der Waals surface area contributed by atoms with E-state index in [0.717, 1.165) is 0 Å². The van der Waals surface area contributed by atoms with E-state index in [9.17, 15) is 0 Å². The lowest BCUT2D eigenvalue weighted by molar-refractivity contribution is 0.195. The largest absolute Gasteiger partial charge is 0.334 e. The summed E-state index contributed by atoms with van der Waals surface area (Å²) in [5.74, 6) is 0. The molecule has 11 rings (SSSR count). The molecule has 2 unspecified atom stereocenters. The molecule has 4 aliphatic rings. The molecule has 0 bridgehead atoms. The van der Waals surface area contributed by atoms with Gasteiger partial charge in [-0.05, 0) is 152 Å². The summed E-state index contributed by atoms with van der Waals surface area (Å²) in [4.78, 5) is 8.13. The van der Waals surface area contributed by atoms with Crippen molar-refractivity contribution in [3.05, 3.63) is 167 Å². The third kappa shape index (κ3) is 7.95. The molecule has 7 aromatic rings. The van der Waals surface area contributed by atoms with E-state index >= 15 is 0 Å². The summed E-state index contributed by atoms with van der Waals surface area (Å²) in [5, 5.41) is 1.56. The van der Waals surface area contributed by atoms with E-state index in [2.05, 4.69) is 271 Å². The van der Waals surface area contributed by atoms with Crippen molar-refractivity contribution in [1.82, 2.24) is 0 Å². The fourth-order valence-electron chi connectivity index (χ4n) is 13.3. The molecule has 0 radical (unpaired) electrons. The van der Waals surface area contributed by atoms with Crippen molar-refractivity contribution in [2.75, 3.05) is 14.7 Å². The van der Waals surface area contributed by atoms with E-state index in [1.165, 1.54) is 121 Å². The average Bonchev–Trinajstić information content (AvgIpc) is 3.61. The van der Waals surface area contributed by atoms with E-state index in [1.54, 1.807) is 10.8 Å². The summed E-state index contributed by atoms with van der Waals surface area (Å²) < 4.78 is 0. The van der Waals surface area contributed by atoms with Crippen LogP contribution in [0.2, 0.25) is 19.6 Å². The second-order valence-electron chi connectivity index (χ2n) is 28.3. The van der Waals surface area contributed by atoms with Gasteiger partial charge in [0.15, 0.2) is 0 Å². The van der Waals surface area contributed by atoms with Crippen LogP contribution in [0.25, 0.3) is 11.1 Å². The van der Waals surface area contributed by atoms with Crippen LogP contribution in [-0.4, -0.2) is 20.3 Å². The van der Waals surface area contributed by atoms with Gasteiger partial charge in [0, 0.05) is 50.8 Å². The molecule has 380 valence electrons. The molecule has 3 heterocycles. The van der Waals surface area contributed by atoms with Crippen LogP contribution in [0.5, 0.6) is 0 Å². The summed E-state index contributed by atoms with van der Waals surface area (Å²) in [6, 6.07) is 55.8. The van der Waals surface area contributed by atoms with E-state index in [-0.39, 0.29) is 39.3 Å². The van der Waals surface area contributed by atoms with Crippen LogP contribution >= 0.6 is 0 Å². The number of hydrogen-bond donors (Lipinski definition) is 0. The normalized spacial score (nSPS) is 19.5. The Morgan fingerprint density at radius 2 is 1.00 bits per heavy atom. The summed E-state index contributed by atoms with van der Waals surface area (Å²) in [7, 11) is -1.57. The van der Waals surface area contributed by atoms with Gasteiger partial charge in [0.25, 0.3) is 6.71 Å². The number of anilines is 8. The predicted octanol–water partition coefficient (Wildman–Crippen LogP) is 16.9. The zero-order valence-electron chi connectivity index (χ0n) is 48.0. The van der Waals surface area contributed by atoms with E-state index in [1.807, 2.05) is 0 Å². The van der Waals surface area contributed by atoms with Gasteiger partial charge >= 0.3 is 0 Å². The van der Waals surface area contributed by atoms with Crippen molar-refractivity contribution >= 4 is 81.9 Å². The first-order chi connectivity index (χ1) is 34.6. The van der Waals surface area contributed by atoms with Crippen molar-refractivity contribution in [2.45, 2.75) is 175 Å². The Hall–Kier alpha value is -5.78. The average molecular weight is 992 g/mol. The van der Waals surface area contributed by atoms with Crippen LogP contribution in [0, 0.1) is 0 Å². The minimum Gasteiger partial charge on any atom is -0.334 e. The van der Waals surface area contributed by atoms with Crippen LogP contribution in [0.1, 0.15) is 150 Å². The number of benzene rings is 7. The van der Waals surface area contributed by atoms with Crippen molar-refractivity contribution < 1.29 is 0 Å². The second-order valence-corrected chi connectivity index (χ2v) is 33.4. The molecule has 1 aliphatic carbocycles. The first kappa shape index (κ1) is 50.4. The van der Waals surface area contributed by atoms with Gasteiger partial charge in [-0.1, -0.05) is 207 Å². The molecule has 1 fully saturated rings. The Balaban J connectivity index is 1.24. The van der Waals surface area contributed by atoms with E-state index in [0.29, 0.717) is 0 Å². The van der Waals surface area contributed by atoms with Gasteiger partial charge in [0.05, 0.1) is 19.3 Å². The quantitative estimate of drug-likeness (QED) is 0.159. The first-order valence-corrected chi connectivity index (χ1v) is 31.4. The van der Waals surface area contributed by atoms with Gasteiger partial charge in [-0.2, -0.15) is 0 Å². The Bertz CT molecular complexity index is 3350. The van der Waals surface area contributed by atoms with Crippen LogP contribution < -0.4 is 36.3 Å². The van der Waals surface area contributed by atoms with Crippen molar-refractivity contribution in [3.8, 4) is 11.1 Å². The Kier molecular flexibility index (Phi) is 11.5. The van der Waals surface area contributed by atoms with E-state index in [4.69, 9.17) is 0 Å². The molecule has 0 amide bonds. The fourth-order valence-corrected chi connectivity index (χ4v) is 14.5. The Morgan fingerprint density at radius 1 is 0.446 bits per heavy atom. The lowest BCUT2D eigenvalue weighted by atomic mass is 9.33. The van der Waals surface area contributed by atoms with Gasteiger partial charge in [0.2, 0.25) is 0 Å². The topological polar surface area (TPSA) is 9.72 Å². The molecule has 1 saturated carbocycles. The van der Waals surface area contributed by atoms with Gasteiger partial charge < -0.3 is 14.7 Å². The minimum atomic E-state index is -1.57. The summed E-state index contributed by atoms with van der Waals surface area (Å²) >= 11 is 0. The molecule has 0 saturated heterocycles. The zero-order chi connectivity index (χ0) is 52.9. The number of nitrogens with zero attached hydrogens (tertiary/aromatic N) is 3. The van der Waals surface area contributed by atoms with Crippen molar-refractivity contribution in [3.63, 3.8) is 0 Å². The molecule has 3 nitrogen and oxygen atoms in total. The third-order valence-electron chi connectivity index (χ3n) is 18.2. The maximum absolute atomic E-state index is 2.81. The first-order valence-electron chi connectivity index (χ1n) is 27.9. The Morgan fingerprint density at radius 3 is 1.62 bits per heavy atom. The van der Waals surface area contributed by atoms with Crippen LogP contribution in [0.4, 0.5) is 45.5 Å². The maximum atomic E-state index is 2.81. The molecule has 7 aromatic carbocycles. The van der Waals surface area contributed by atoms with Gasteiger partial charge in [-0.15, -0.1) is 0 Å². The Labute approximate surface area is 447 Å². The van der Waals surface area contributed by atoms with Crippen molar-refractivity contribution in [1.29, 1.82) is 0 Å². The van der Waals surface area contributed by atoms with Gasteiger partial charge in [-0.25, -0.2) is 0 Å². The molecular formula is C69H82BN3Si. The zero-order valence-corrected chi connectivity index (χ0v) is 49.0. The van der Waals surface area contributed by atoms with Gasteiger partial charge in [-0.3, -0.25) is 0 Å². The third-order valence-corrected chi connectivity index (χ3v) is 20.2. The smallest absolute Gasteiger partial charge is 0.252 e. The highest BCUT2D eigenvalue weighted by Gasteiger charge is 2.58. The molecule has 0 aromatic heterocycles. The van der Waals surface area contributed by atoms with Crippen LogP contribution in [0.15, 0.2) is 140 Å². The van der Waals surface area contributed by atoms with Crippen molar-refractivity contribution in [2.24, 2.45) is 0 Å². The molecule has 5 heteroatoms. The predicted molar refractivity (Wildman–Crippen MR) is 326 cm³/mol. The standard InChI is InChI=1S/C69H82BN3Si/c1-64(2,3)46-25-29-50(30-26-46)71-60-43-51(73-58-36-32-52(74(15,16)17)44-54(58)68(13)37-21-22-38-69(68,73)14)31-33-55(60)70-56-40-48(66(7,8)9)28-35-59(56)72(62-42-49(67(10,11)12)41-61(71)63(62)70)57-34-27-47(65(4,5)6)39-53(57)45-23-19-18-20-24-45/h18-20,23-36,39-44H,21-22,37-38H2,1-17H3. The molecular weight excluding hydrogens is 910 g/mol. The van der Waals surface area contributed by atoms with Gasteiger partial charge in [0.1, 0.15) is 0 Å². The monoisotopic (exact) mass is 992 g/mol.